The maximum absolute atomic E-state index is 6.43. The van der Waals surface area contributed by atoms with E-state index < -0.39 is 0 Å². The zero-order valence-corrected chi connectivity index (χ0v) is 28.2. The lowest BCUT2D eigenvalue weighted by Crippen LogP contribution is -2.10. The largest absolute Gasteiger partial charge is 0.456 e. The van der Waals surface area contributed by atoms with Crippen molar-refractivity contribution in [3.05, 3.63) is 188 Å². The van der Waals surface area contributed by atoms with Crippen LogP contribution in [0, 0.1) is 6.92 Å². The molecule has 10 aromatic rings. The maximum atomic E-state index is 6.43. The molecule has 0 aliphatic rings. The third-order valence-electron chi connectivity index (χ3n) is 10.4. The van der Waals surface area contributed by atoms with Gasteiger partial charge in [0.2, 0.25) is 0 Å². The van der Waals surface area contributed by atoms with Gasteiger partial charge >= 0.3 is 0 Å². The van der Waals surface area contributed by atoms with Gasteiger partial charge in [0.1, 0.15) is 11.3 Å². The van der Waals surface area contributed by atoms with Crippen LogP contribution in [0.15, 0.2) is 186 Å². The van der Waals surface area contributed by atoms with Crippen LogP contribution >= 0.6 is 0 Å². The number of rotatable bonds is 5. The van der Waals surface area contributed by atoms with Crippen LogP contribution in [0.1, 0.15) is 5.56 Å². The molecular formula is C49H33NO. The van der Waals surface area contributed by atoms with Gasteiger partial charge in [-0.15, -0.1) is 0 Å². The second-order valence-corrected chi connectivity index (χ2v) is 13.4. The molecule has 0 spiro atoms. The summed E-state index contributed by atoms with van der Waals surface area (Å²) in [6.07, 6.45) is 0. The summed E-state index contributed by atoms with van der Waals surface area (Å²) in [5.74, 6) is 0.905. The highest BCUT2D eigenvalue weighted by Gasteiger charge is 2.18. The van der Waals surface area contributed by atoms with Crippen LogP contribution in [0.25, 0.3) is 76.5 Å². The first-order chi connectivity index (χ1) is 25.2. The Bertz CT molecular complexity index is 2930. The number of benzene rings is 9. The summed E-state index contributed by atoms with van der Waals surface area (Å²) >= 11 is 0. The topological polar surface area (TPSA) is 16.4 Å². The minimum atomic E-state index is 0.905. The van der Waals surface area contributed by atoms with Crippen LogP contribution in [-0.4, -0.2) is 0 Å². The minimum Gasteiger partial charge on any atom is -0.456 e. The fraction of sp³-hybridized carbons (Fsp3) is 0.0204. The van der Waals surface area contributed by atoms with E-state index in [2.05, 4.69) is 182 Å². The van der Waals surface area contributed by atoms with E-state index >= 15 is 0 Å². The summed E-state index contributed by atoms with van der Waals surface area (Å²) in [6, 6.07) is 65.7. The molecule has 1 heterocycles. The van der Waals surface area contributed by atoms with Crippen molar-refractivity contribution >= 4 is 71.1 Å². The summed E-state index contributed by atoms with van der Waals surface area (Å²) in [6.45, 7) is 2.15. The third-order valence-corrected chi connectivity index (χ3v) is 10.4. The molecule has 0 N–H and O–H groups in total. The van der Waals surface area contributed by atoms with Gasteiger partial charge in [-0.1, -0.05) is 133 Å². The van der Waals surface area contributed by atoms with Gasteiger partial charge in [0.15, 0.2) is 0 Å². The van der Waals surface area contributed by atoms with Gasteiger partial charge in [-0.2, -0.15) is 0 Å². The van der Waals surface area contributed by atoms with Crippen LogP contribution in [0.4, 0.5) is 17.1 Å². The average molecular weight is 652 g/mol. The Hall–Kier alpha value is -6.64. The molecule has 1 aromatic heterocycles. The summed E-state index contributed by atoms with van der Waals surface area (Å²) in [5.41, 5.74) is 8.76. The Morgan fingerprint density at radius 2 is 0.902 bits per heavy atom. The van der Waals surface area contributed by atoms with Crippen molar-refractivity contribution < 1.29 is 4.42 Å². The molecule has 0 aliphatic heterocycles. The van der Waals surface area contributed by atoms with Crippen molar-refractivity contribution in [2.75, 3.05) is 4.90 Å². The first-order valence-corrected chi connectivity index (χ1v) is 17.5. The molecule has 10 rings (SSSR count). The number of anilines is 3. The molecule has 0 amide bonds. The van der Waals surface area contributed by atoms with Gasteiger partial charge in [0.25, 0.3) is 0 Å². The van der Waals surface area contributed by atoms with Gasteiger partial charge < -0.3 is 9.32 Å². The molecule has 0 unspecified atom stereocenters. The van der Waals surface area contributed by atoms with Crippen LogP contribution in [0.3, 0.4) is 0 Å². The first-order valence-electron chi connectivity index (χ1n) is 17.5. The van der Waals surface area contributed by atoms with Crippen molar-refractivity contribution in [1.29, 1.82) is 0 Å². The molecule has 0 bridgehead atoms. The van der Waals surface area contributed by atoms with E-state index in [-0.39, 0.29) is 0 Å². The lowest BCUT2D eigenvalue weighted by molar-refractivity contribution is 0.629. The molecule has 0 saturated heterocycles. The Labute approximate surface area is 296 Å². The van der Waals surface area contributed by atoms with Crippen LogP contribution in [-0.2, 0) is 0 Å². The standard InChI is InChI=1S/C49H33NO/c1-32-43-13-6-7-16-48(43)51-49(32)39-11-8-12-41(31-39)50(42-26-28-47-38(30-42)20-18-35-10-3-5-15-45(35)47)40-24-21-33(22-25-40)36-23-27-46-37(29-36)19-17-34-9-2-4-14-44(34)46/h2-31H,1H3. The zero-order valence-electron chi connectivity index (χ0n) is 28.2. The minimum absolute atomic E-state index is 0.905. The second-order valence-electron chi connectivity index (χ2n) is 13.4. The van der Waals surface area contributed by atoms with E-state index in [1.807, 2.05) is 12.1 Å². The Morgan fingerprint density at radius 3 is 1.63 bits per heavy atom. The van der Waals surface area contributed by atoms with E-state index in [0.717, 1.165) is 44.9 Å². The third kappa shape index (κ3) is 4.95. The molecule has 9 aromatic carbocycles. The smallest absolute Gasteiger partial charge is 0.138 e. The Morgan fingerprint density at radius 1 is 0.353 bits per heavy atom. The molecule has 0 aliphatic carbocycles. The van der Waals surface area contributed by atoms with E-state index in [9.17, 15) is 0 Å². The van der Waals surface area contributed by atoms with E-state index in [4.69, 9.17) is 4.42 Å². The lowest BCUT2D eigenvalue weighted by Gasteiger charge is -2.26. The average Bonchev–Trinajstić information content (AvgIpc) is 3.54. The number of hydrogen-bond donors (Lipinski definition) is 0. The van der Waals surface area contributed by atoms with Crippen molar-refractivity contribution in [1.82, 2.24) is 0 Å². The first kappa shape index (κ1) is 29.3. The van der Waals surface area contributed by atoms with Crippen molar-refractivity contribution in [3.8, 4) is 22.5 Å². The number of hydrogen-bond acceptors (Lipinski definition) is 2. The van der Waals surface area contributed by atoms with Gasteiger partial charge in [0.05, 0.1) is 0 Å². The molecular weight excluding hydrogens is 619 g/mol. The lowest BCUT2D eigenvalue weighted by atomic mass is 9.97. The summed E-state index contributed by atoms with van der Waals surface area (Å²) in [7, 11) is 0. The molecule has 2 heteroatoms. The Balaban J connectivity index is 1.10. The maximum Gasteiger partial charge on any atom is 0.138 e. The molecule has 0 fully saturated rings. The van der Waals surface area contributed by atoms with Crippen molar-refractivity contribution in [2.45, 2.75) is 6.92 Å². The molecule has 0 atom stereocenters. The van der Waals surface area contributed by atoms with Crippen molar-refractivity contribution in [2.24, 2.45) is 0 Å². The Kier molecular flexibility index (Phi) is 6.75. The van der Waals surface area contributed by atoms with Crippen LogP contribution < -0.4 is 4.90 Å². The van der Waals surface area contributed by atoms with Crippen LogP contribution in [0.2, 0.25) is 0 Å². The quantitative estimate of drug-likeness (QED) is 0.172. The number of furan rings is 1. The number of fused-ring (bicyclic) bond motifs is 7. The zero-order chi connectivity index (χ0) is 33.9. The molecule has 2 nitrogen and oxygen atoms in total. The molecule has 240 valence electrons. The molecule has 51 heavy (non-hydrogen) atoms. The molecule has 0 radical (unpaired) electrons. The van der Waals surface area contributed by atoms with Crippen LogP contribution in [0.5, 0.6) is 0 Å². The second kappa shape index (κ2) is 11.8. The fourth-order valence-corrected chi connectivity index (χ4v) is 7.82. The summed E-state index contributed by atoms with van der Waals surface area (Å²) in [5, 5.41) is 11.2. The predicted molar refractivity (Wildman–Crippen MR) is 217 cm³/mol. The van der Waals surface area contributed by atoms with Gasteiger partial charge in [-0.3, -0.25) is 0 Å². The SMILES string of the molecule is Cc1c(-c2cccc(N(c3ccc(-c4ccc5c(ccc6ccccc65)c4)cc3)c3ccc4c(ccc5ccccc54)c3)c2)oc2ccccc12. The van der Waals surface area contributed by atoms with E-state index in [0.29, 0.717) is 0 Å². The van der Waals surface area contributed by atoms with Gasteiger partial charge in [-0.25, -0.2) is 0 Å². The summed E-state index contributed by atoms with van der Waals surface area (Å²) < 4.78 is 6.43. The van der Waals surface area contributed by atoms with E-state index in [1.165, 1.54) is 54.2 Å². The molecule has 0 saturated carbocycles. The summed E-state index contributed by atoms with van der Waals surface area (Å²) in [4.78, 5) is 2.35. The normalized spacial score (nSPS) is 11.6. The number of nitrogens with zero attached hydrogens (tertiary/aromatic N) is 1. The fourth-order valence-electron chi connectivity index (χ4n) is 7.82. The van der Waals surface area contributed by atoms with Crippen molar-refractivity contribution in [3.63, 3.8) is 0 Å². The number of para-hydroxylation sites is 1. The highest BCUT2D eigenvalue weighted by atomic mass is 16.3. The van der Waals surface area contributed by atoms with Gasteiger partial charge in [-0.05, 0) is 110 Å². The predicted octanol–water partition coefficient (Wildman–Crippen LogP) is 14.2. The highest BCUT2D eigenvalue weighted by molar-refractivity contribution is 6.09. The highest BCUT2D eigenvalue weighted by Crippen LogP contribution is 2.41. The van der Waals surface area contributed by atoms with E-state index in [1.54, 1.807) is 0 Å². The van der Waals surface area contributed by atoms with Gasteiger partial charge in [0, 0.05) is 33.6 Å². The number of aryl methyl sites for hydroxylation is 1. The monoisotopic (exact) mass is 651 g/mol.